The molecular weight excluding hydrogens is 240 g/mol. The molecule has 0 aromatic carbocycles. The van der Waals surface area contributed by atoms with Crippen LogP contribution in [0.4, 0.5) is 5.95 Å². The minimum Gasteiger partial charge on any atom is -0.368 e. The first kappa shape index (κ1) is 12.0. The molecule has 0 aliphatic heterocycles. The summed E-state index contributed by atoms with van der Waals surface area (Å²) in [6.45, 7) is 0.884. The van der Waals surface area contributed by atoms with Crippen LogP contribution in [0.1, 0.15) is 32.1 Å². The lowest BCUT2D eigenvalue weighted by molar-refractivity contribution is 0.358. The molecule has 0 spiro atoms. The van der Waals surface area contributed by atoms with Gasteiger partial charge in [0.05, 0.1) is 0 Å². The smallest absolute Gasteiger partial charge is 0.220 e. The molecule has 0 saturated heterocycles. The SMILES string of the molecule is CSC1(Cn2c(N)n[nH]c2=S)CCCCC1. The van der Waals surface area contributed by atoms with Gasteiger partial charge in [-0.05, 0) is 31.3 Å². The van der Waals surface area contributed by atoms with Gasteiger partial charge in [0.1, 0.15) is 0 Å². The second-order valence-electron chi connectivity index (χ2n) is 4.42. The Bertz CT molecular complexity index is 403. The van der Waals surface area contributed by atoms with Crippen LogP contribution in [-0.4, -0.2) is 25.8 Å². The predicted molar refractivity (Wildman–Crippen MR) is 71.2 cm³/mol. The molecule has 1 fully saturated rings. The molecule has 6 heteroatoms. The van der Waals surface area contributed by atoms with Crippen LogP contribution in [0, 0.1) is 4.77 Å². The average Bonchev–Trinajstić information content (AvgIpc) is 2.62. The maximum Gasteiger partial charge on any atom is 0.220 e. The first-order valence-electron chi connectivity index (χ1n) is 5.63. The van der Waals surface area contributed by atoms with Gasteiger partial charge in [0.15, 0.2) is 4.77 Å². The van der Waals surface area contributed by atoms with Gasteiger partial charge in [-0.15, -0.1) is 5.10 Å². The highest BCUT2D eigenvalue weighted by Gasteiger charge is 2.32. The number of hydrogen-bond acceptors (Lipinski definition) is 4. The average molecular weight is 258 g/mol. The Morgan fingerprint density at radius 2 is 2.19 bits per heavy atom. The molecule has 1 saturated carbocycles. The number of aromatic nitrogens is 3. The molecule has 0 bridgehead atoms. The van der Waals surface area contributed by atoms with E-state index in [0.29, 0.717) is 15.5 Å². The fourth-order valence-electron chi connectivity index (χ4n) is 2.39. The third kappa shape index (κ3) is 2.27. The lowest BCUT2D eigenvalue weighted by Crippen LogP contribution is -2.33. The Balaban J connectivity index is 2.21. The number of anilines is 1. The largest absolute Gasteiger partial charge is 0.368 e. The minimum atomic E-state index is 0.300. The minimum absolute atomic E-state index is 0.300. The van der Waals surface area contributed by atoms with Crippen molar-refractivity contribution < 1.29 is 0 Å². The van der Waals surface area contributed by atoms with E-state index in [1.807, 2.05) is 16.3 Å². The molecule has 3 N–H and O–H groups in total. The predicted octanol–water partition coefficient (Wildman–Crippen LogP) is 2.59. The number of H-pyrrole nitrogens is 1. The normalized spacial score (nSPS) is 19.8. The highest BCUT2D eigenvalue weighted by Crippen LogP contribution is 2.40. The van der Waals surface area contributed by atoms with Gasteiger partial charge in [0.2, 0.25) is 5.95 Å². The van der Waals surface area contributed by atoms with Crippen molar-refractivity contribution in [3.05, 3.63) is 4.77 Å². The third-order valence-electron chi connectivity index (χ3n) is 3.43. The lowest BCUT2D eigenvalue weighted by Gasteiger charge is -2.36. The molecule has 16 heavy (non-hydrogen) atoms. The summed E-state index contributed by atoms with van der Waals surface area (Å²) in [5.41, 5.74) is 5.82. The van der Waals surface area contributed by atoms with Gasteiger partial charge >= 0.3 is 0 Å². The molecule has 0 atom stereocenters. The molecule has 4 nitrogen and oxygen atoms in total. The first-order valence-corrected chi connectivity index (χ1v) is 7.26. The maximum atomic E-state index is 5.82. The van der Waals surface area contributed by atoms with Gasteiger partial charge in [0.25, 0.3) is 0 Å². The standard InChI is InChI=1S/C10H18N4S2/c1-16-10(5-3-2-4-6-10)7-14-8(11)12-13-9(14)15/h2-7H2,1H3,(H2,11,12)(H,13,15). The van der Waals surface area contributed by atoms with Crippen molar-refractivity contribution >= 4 is 29.9 Å². The molecule has 0 radical (unpaired) electrons. The molecular formula is C10H18N4S2. The molecule has 0 unspecified atom stereocenters. The number of nitrogen functional groups attached to an aromatic ring is 1. The van der Waals surface area contributed by atoms with Gasteiger partial charge in [-0.25, -0.2) is 5.10 Å². The van der Waals surface area contributed by atoms with Crippen molar-refractivity contribution in [2.45, 2.75) is 43.4 Å². The van der Waals surface area contributed by atoms with Crippen LogP contribution in [0.5, 0.6) is 0 Å². The number of hydrogen-bond donors (Lipinski definition) is 2. The van der Waals surface area contributed by atoms with Gasteiger partial charge in [-0.3, -0.25) is 4.57 Å². The molecule has 1 aromatic heterocycles. The Morgan fingerprint density at radius 1 is 1.50 bits per heavy atom. The van der Waals surface area contributed by atoms with E-state index in [4.69, 9.17) is 18.0 Å². The molecule has 1 aliphatic carbocycles. The van der Waals surface area contributed by atoms with Crippen LogP contribution in [0.2, 0.25) is 0 Å². The van der Waals surface area contributed by atoms with E-state index in [2.05, 4.69) is 16.5 Å². The van der Waals surface area contributed by atoms with E-state index >= 15 is 0 Å². The lowest BCUT2D eigenvalue weighted by atomic mass is 9.88. The van der Waals surface area contributed by atoms with Gasteiger partial charge in [-0.2, -0.15) is 11.8 Å². The van der Waals surface area contributed by atoms with Crippen LogP contribution < -0.4 is 5.73 Å². The van der Waals surface area contributed by atoms with Crippen LogP contribution in [0.25, 0.3) is 0 Å². The summed E-state index contributed by atoms with van der Waals surface area (Å²) >= 11 is 7.14. The summed E-state index contributed by atoms with van der Waals surface area (Å²) in [5, 5.41) is 6.71. The van der Waals surface area contributed by atoms with E-state index in [0.717, 1.165) is 6.54 Å². The maximum absolute atomic E-state index is 5.82. The summed E-state index contributed by atoms with van der Waals surface area (Å²) < 4.78 is 2.86. The van der Waals surface area contributed by atoms with E-state index in [1.165, 1.54) is 32.1 Å². The van der Waals surface area contributed by atoms with E-state index in [1.54, 1.807) is 0 Å². The van der Waals surface area contributed by atoms with Gasteiger partial charge < -0.3 is 5.73 Å². The number of thioether (sulfide) groups is 1. The molecule has 0 amide bonds. The molecule has 2 rings (SSSR count). The number of rotatable bonds is 3. The Hall–Kier alpha value is -0.490. The highest BCUT2D eigenvalue weighted by atomic mass is 32.2. The molecule has 1 aromatic rings. The molecule has 90 valence electrons. The quantitative estimate of drug-likeness (QED) is 0.818. The van der Waals surface area contributed by atoms with Crippen LogP contribution in [0.3, 0.4) is 0 Å². The van der Waals surface area contributed by atoms with Crippen molar-refractivity contribution in [1.29, 1.82) is 0 Å². The summed E-state index contributed by atoms with van der Waals surface area (Å²) in [6, 6.07) is 0. The zero-order valence-corrected chi connectivity index (χ0v) is 11.2. The number of nitrogens with one attached hydrogen (secondary N) is 1. The fraction of sp³-hybridized carbons (Fsp3) is 0.800. The van der Waals surface area contributed by atoms with Gasteiger partial charge in [0, 0.05) is 11.3 Å². The summed E-state index contributed by atoms with van der Waals surface area (Å²) in [7, 11) is 0. The van der Waals surface area contributed by atoms with Crippen molar-refractivity contribution in [1.82, 2.24) is 14.8 Å². The van der Waals surface area contributed by atoms with E-state index in [9.17, 15) is 0 Å². The van der Waals surface area contributed by atoms with Crippen molar-refractivity contribution in [2.75, 3.05) is 12.0 Å². The molecule has 1 aliphatic rings. The Labute approximate surface area is 105 Å². The zero-order chi connectivity index (χ0) is 11.6. The zero-order valence-electron chi connectivity index (χ0n) is 9.53. The fourth-order valence-corrected chi connectivity index (χ4v) is 3.55. The van der Waals surface area contributed by atoms with Crippen molar-refractivity contribution in [2.24, 2.45) is 0 Å². The number of aromatic amines is 1. The summed E-state index contributed by atoms with van der Waals surface area (Å²) in [4.78, 5) is 0. The van der Waals surface area contributed by atoms with E-state index in [-0.39, 0.29) is 0 Å². The van der Waals surface area contributed by atoms with Crippen molar-refractivity contribution in [3.63, 3.8) is 0 Å². The summed E-state index contributed by atoms with van der Waals surface area (Å²) in [5.74, 6) is 0.504. The topological polar surface area (TPSA) is 59.6 Å². The molecule has 1 heterocycles. The second-order valence-corrected chi connectivity index (χ2v) is 6.08. The second kappa shape index (κ2) is 4.79. The van der Waals surface area contributed by atoms with Crippen molar-refractivity contribution in [3.8, 4) is 0 Å². The van der Waals surface area contributed by atoms with Crippen LogP contribution in [0.15, 0.2) is 0 Å². The Morgan fingerprint density at radius 3 is 2.69 bits per heavy atom. The van der Waals surface area contributed by atoms with E-state index < -0.39 is 0 Å². The third-order valence-corrected chi connectivity index (χ3v) is 5.15. The summed E-state index contributed by atoms with van der Waals surface area (Å²) in [6.07, 6.45) is 8.67. The highest BCUT2D eigenvalue weighted by molar-refractivity contribution is 8.00. The monoisotopic (exact) mass is 258 g/mol. The Kier molecular flexibility index (Phi) is 3.59. The number of nitrogens with zero attached hydrogens (tertiary/aromatic N) is 2. The first-order chi connectivity index (χ1) is 7.67. The van der Waals surface area contributed by atoms with Gasteiger partial charge in [-0.1, -0.05) is 19.3 Å². The number of nitrogens with two attached hydrogens (primary N) is 1. The van der Waals surface area contributed by atoms with Crippen LogP contribution in [-0.2, 0) is 6.54 Å². The van der Waals surface area contributed by atoms with Crippen LogP contribution >= 0.6 is 24.0 Å².